The van der Waals surface area contributed by atoms with Gasteiger partial charge in [0.25, 0.3) is 5.91 Å². The highest BCUT2D eigenvalue weighted by Gasteiger charge is 2.28. The first kappa shape index (κ1) is 16.9. The van der Waals surface area contributed by atoms with Gasteiger partial charge in [-0.3, -0.25) is 4.79 Å². The molecule has 4 rings (SSSR count). The Hall–Kier alpha value is -2.54. The molecular weight excluding hydrogens is 345 g/mol. The Morgan fingerprint density at radius 3 is 2.35 bits per heavy atom. The van der Waals surface area contributed by atoms with Gasteiger partial charge in [0.1, 0.15) is 5.82 Å². The van der Waals surface area contributed by atoms with Crippen molar-refractivity contribution < 1.29 is 22.7 Å². The second kappa shape index (κ2) is 6.64. The molecule has 0 aliphatic carbocycles. The highest BCUT2D eigenvalue weighted by Crippen LogP contribution is 2.32. The highest BCUT2D eigenvalue weighted by molar-refractivity contribution is 6.07. The van der Waals surface area contributed by atoms with Crippen LogP contribution in [0.2, 0.25) is 0 Å². The van der Waals surface area contributed by atoms with Crippen molar-refractivity contribution in [2.24, 2.45) is 0 Å². The normalized spacial score (nSPS) is 16.7. The zero-order valence-corrected chi connectivity index (χ0v) is 14.0. The summed E-state index contributed by atoms with van der Waals surface area (Å²) in [5.74, 6) is -2.85. The van der Waals surface area contributed by atoms with E-state index in [4.69, 9.17) is 4.74 Å². The van der Waals surface area contributed by atoms with E-state index in [0.29, 0.717) is 56.2 Å². The van der Waals surface area contributed by atoms with E-state index >= 15 is 0 Å². The minimum Gasteiger partial charge on any atom is -0.378 e. The van der Waals surface area contributed by atoms with Gasteiger partial charge < -0.3 is 14.5 Å². The Labute approximate surface area is 148 Å². The number of carbonyl (C=O) groups excluding carboxylic acids is 1. The predicted molar refractivity (Wildman–Crippen MR) is 91.2 cm³/mol. The molecule has 0 radical (unpaired) electrons. The van der Waals surface area contributed by atoms with Crippen LogP contribution in [0.5, 0.6) is 0 Å². The molecule has 2 aromatic rings. The van der Waals surface area contributed by atoms with Crippen LogP contribution in [0.3, 0.4) is 0 Å². The summed E-state index contributed by atoms with van der Waals surface area (Å²) >= 11 is 0. The fourth-order valence-corrected chi connectivity index (χ4v) is 3.45. The van der Waals surface area contributed by atoms with Gasteiger partial charge in [0, 0.05) is 31.3 Å². The first-order chi connectivity index (χ1) is 12.5. The Bertz CT molecular complexity index is 866. The van der Waals surface area contributed by atoms with Crippen LogP contribution in [0, 0.1) is 17.5 Å². The molecule has 2 heterocycles. The summed E-state index contributed by atoms with van der Waals surface area (Å²) < 4.78 is 46.7. The van der Waals surface area contributed by atoms with Gasteiger partial charge in [-0.1, -0.05) is 0 Å². The van der Waals surface area contributed by atoms with E-state index in [2.05, 4.69) is 0 Å². The lowest BCUT2D eigenvalue weighted by molar-refractivity contribution is 0.0988. The summed E-state index contributed by atoms with van der Waals surface area (Å²) in [4.78, 5) is 16.0. The van der Waals surface area contributed by atoms with Crippen LogP contribution in [-0.2, 0) is 11.2 Å². The Morgan fingerprint density at radius 2 is 1.62 bits per heavy atom. The molecule has 7 heteroatoms. The van der Waals surface area contributed by atoms with Crippen LogP contribution in [0.4, 0.5) is 24.5 Å². The molecule has 136 valence electrons. The minimum atomic E-state index is -1.00. The Kier molecular flexibility index (Phi) is 4.32. The molecule has 2 aromatic carbocycles. The summed E-state index contributed by atoms with van der Waals surface area (Å²) in [6.45, 7) is 2.56. The molecule has 2 aliphatic rings. The van der Waals surface area contributed by atoms with Crippen LogP contribution >= 0.6 is 0 Å². The fraction of sp³-hybridized carbons (Fsp3) is 0.316. The fourth-order valence-electron chi connectivity index (χ4n) is 3.45. The zero-order valence-electron chi connectivity index (χ0n) is 14.0. The van der Waals surface area contributed by atoms with Gasteiger partial charge in [-0.25, -0.2) is 13.2 Å². The van der Waals surface area contributed by atoms with Crippen molar-refractivity contribution in [3.63, 3.8) is 0 Å². The number of fused-ring (bicyclic) bond motifs is 1. The van der Waals surface area contributed by atoms with E-state index in [1.54, 1.807) is 12.1 Å². The van der Waals surface area contributed by atoms with Gasteiger partial charge in [0.2, 0.25) is 0 Å². The zero-order chi connectivity index (χ0) is 18.3. The SMILES string of the molecule is O=C(c1ccc(N2CCOCC2)c(F)c1)N1CCc2cc(F)c(F)cc21. The van der Waals surface area contributed by atoms with Crippen LogP contribution in [0.25, 0.3) is 0 Å². The summed E-state index contributed by atoms with van der Waals surface area (Å²) in [5, 5.41) is 0. The summed E-state index contributed by atoms with van der Waals surface area (Å²) in [5.41, 5.74) is 1.52. The number of hydrogen-bond donors (Lipinski definition) is 0. The maximum Gasteiger partial charge on any atom is 0.258 e. The molecule has 0 atom stereocenters. The van der Waals surface area contributed by atoms with Crippen molar-refractivity contribution in [3.05, 3.63) is 58.9 Å². The Balaban J connectivity index is 1.60. The predicted octanol–water partition coefficient (Wildman–Crippen LogP) is 3.14. The number of ether oxygens (including phenoxy) is 1. The van der Waals surface area contributed by atoms with E-state index in [1.807, 2.05) is 4.90 Å². The standard InChI is InChI=1S/C19H17F3N2O2/c20-14-9-12-3-4-24(18(12)11-15(14)21)19(25)13-1-2-17(16(22)10-13)23-5-7-26-8-6-23/h1-2,9-11H,3-8H2. The summed E-state index contributed by atoms with van der Waals surface area (Å²) in [6.07, 6.45) is 0.437. The monoisotopic (exact) mass is 362 g/mol. The molecular formula is C19H17F3N2O2. The second-order valence-corrected chi connectivity index (χ2v) is 6.37. The maximum atomic E-state index is 14.5. The van der Waals surface area contributed by atoms with E-state index in [1.165, 1.54) is 11.0 Å². The summed E-state index contributed by atoms with van der Waals surface area (Å²) in [7, 11) is 0. The lowest BCUT2D eigenvalue weighted by Crippen LogP contribution is -2.37. The van der Waals surface area contributed by atoms with Crippen molar-refractivity contribution in [3.8, 4) is 0 Å². The van der Waals surface area contributed by atoms with Crippen molar-refractivity contribution in [1.29, 1.82) is 0 Å². The van der Waals surface area contributed by atoms with Crippen molar-refractivity contribution in [2.75, 3.05) is 42.6 Å². The molecule has 0 aromatic heterocycles. The molecule has 0 N–H and O–H groups in total. The number of halogens is 3. The van der Waals surface area contributed by atoms with Gasteiger partial charge in [0.15, 0.2) is 11.6 Å². The molecule has 0 spiro atoms. The molecule has 1 amide bonds. The third-order valence-electron chi connectivity index (χ3n) is 4.81. The van der Waals surface area contributed by atoms with Crippen LogP contribution < -0.4 is 9.80 Å². The number of carbonyl (C=O) groups is 1. The number of hydrogen-bond acceptors (Lipinski definition) is 3. The topological polar surface area (TPSA) is 32.8 Å². The molecule has 1 fully saturated rings. The highest BCUT2D eigenvalue weighted by atomic mass is 19.2. The average Bonchev–Trinajstić information content (AvgIpc) is 3.04. The number of rotatable bonds is 2. The average molecular weight is 362 g/mol. The minimum absolute atomic E-state index is 0.178. The quantitative estimate of drug-likeness (QED) is 0.823. The van der Waals surface area contributed by atoms with Crippen molar-refractivity contribution >= 4 is 17.3 Å². The molecule has 4 nitrogen and oxygen atoms in total. The first-order valence-electron chi connectivity index (χ1n) is 8.46. The summed E-state index contributed by atoms with van der Waals surface area (Å²) in [6, 6.07) is 6.48. The van der Waals surface area contributed by atoms with E-state index in [-0.39, 0.29) is 5.56 Å². The van der Waals surface area contributed by atoms with E-state index in [0.717, 1.165) is 12.1 Å². The van der Waals surface area contributed by atoms with Gasteiger partial charge >= 0.3 is 0 Å². The lowest BCUT2D eigenvalue weighted by Gasteiger charge is -2.29. The largest absolute Gasteiger partial charge is 0.378 e. The van der Waals surface area contributed by atoms with Crippen LogP contribution in [-0.4, -0.2) is 38.8 Å². The Morgan fingerprint density at radius 1 is 0.885 bits per heavy atom. The first-order valence-corrected chi connectivity index (χ1v) is 8.46. The van der Waals surface area contributed by atoms with E-state index < -0.39 is 23.4 Å². The number of morpholine rings is 1. The number of benzene rings is 2. The molecule has 0 saturated carbocycles. The van der Waals surface area contributed by atoms with Crippen molar-refractivity contribution in [2.45, 2.75) is 6.42 Å². The number of amides is 1. The third-order valence-corrected chi connectivity index (χ3v) is 4.81. The van der Waals surface area contributed by atoms with Gasteiger partial charge in [0.05, 0.1) is 24.6 Å². The van der Waals surface area contributed by atoms with Gasteiger partial charge in [-0.2, -0.15) is 0 Å². The molecule has 26 heavy (non-hydrogen) atoms. The third kappa shape index (κ3) is 2.92. The molecule has 2 aliphatic heterocycles. The van der Waals surface area contributed by atoms with Crippen LogP contribution in [0.1, 0.15) is 15.9 Å². The van der Waals surface area contributed by atoms with E-state index in [9.17, 15) is 18.0 Å². The van der Waals surface area contributed by atoms with Gasteiger partial charge in [-0.15, -0.1) is 0 Å². The maximum absolute atomic E-state index is 14.5. The smallest absolute Gasteiger partial charge is 0.258 e. The number of anilines is 2. The second-order valence-electron chi connectivity index (χ2n) is 6.37. The molecule has 1 saturated heterocycles. The number of nitrogens with zero attached hydrogens (tertiary/aromatic N) is 2. The van der Waals surface area contributed by atoms with Crippen molar-refractivity contribution in [1.82, 2.24) is 0 Å². The van der Waals surface area contributed by atoms with Crippen LogP contribution in [0.15, 0.2) is 30.3 Å². The molecule has 0 bridgehead atoms. The van der Waals surface area contributed by atoms with Gasteiger partial charge in [-0.05, 0) is 36.2 Å². The lowest BCUT2D eigenvalue weighted by atomic mass is 10.1. The molecule has 0 unspecified atom stereocenters.